The molecule has 0 unspecified atom stereocenters. The number of piperidine rings is 1. The Morgan fingerprint density at radius 3 is 2.79 bits per heavy atom. The van der Waals surface area contributed by atoms with Crippen LogP contribution in [-0.4, -0.2) is 44.6 Å². The van der Waals surface area contributed by atoms with Gasteiger partial charge in [-0.05, 0) is 47.0 Å². The van der Waals surface area contributed by atoms with Crippen molar-refractivity contribution >= 4 is 22.4 Å². The number of likely N-dealkylation sites (tertiary alicyclic amines) is 1. The van der Waals surface area contributed by atoms with Gasteiger partial charge in [0.2, 0.25) is 0 Å². The summed E-state index contributed by atoms with van der Waals surface area (Å²) in [5.74, 6) is 0.405. The first kappa shape index (κ1) is 20.8. The van der Waals surface area contributed by atoms with Gasteiger partial charge in [0.25, 0.3) is 5.56 Å². The number of nitrogens with one attached hydrogen (secondary N) is 1. The smallest absolute Gasteiger partial charge is 0.410 e. The number of carbonyl (C=O) groups excluding carboxylic acids is 1. The first-order chi connectivity index (χ1) is 13.1. The normalized spacial score (nSPS) is 23.2. The van der Waals surface area contributed by atoms with Crippen molar-refractivity contribution in [1.29, 1.82) is 0 Å². The Hall–Kier alpha value is -1.93. The number of amides is 1. The lowest BCUT2D eigenvalue weighted by atomic mass is 9.87. The quantitative estimate of drug-likeness (QED) is 0.847. The second kappa shape index (κ2) is 7.83. The van der Waals surface area contributed by atoms with Crippen LogP contribution in [0.5, 0.6) is 0 Å². The molecule has 0 bridgehead atoms. The van der Waals surface area contributed by atoms with Crippen LogP contribution in [0.2, 0.25) is 0 Å². The number of carbonyl (C=O) groups is 1. The van der Waals surface area contributed by atoms with Gasteiger partial charge in [-0.2, -0.15) is 0 Å². The summed E-state index contributed by atoms with van der Waals surface area (Å²) in [7, 11) is 0. The lowest BCUT2D eigenvalue weighted by Crippen LogP contribution is -2.58. The molecule has 1 N–H and O–H groups in total. The zero-order valence-electron chi connectivity index (χ0n) is 17.5. The molecule has 28 heavy (non-hydrogen) atoms. The third-order valence-electron chi connectivity index (χ3n) is 5.23. The second-order valence-electron chi connectivity index (χ2n) is 8.67. The molecule has 0 radical (unpaired) electrons. The van der Waals surface area contributed by atoms with Gasteiger partial charge in [0.1, 0.15) is 5.60 Å². The van der Waals surface area contributed by atoms with Crippen LogP contribution in [0.1, 0.15) is 52.4 Å². The highest BCUT2D eigenvalue weighted by Gasteiger charge is 2.37. The molecule has 154 valence electrons. The molecule has 7 nitrogen and oxygen atoms in total. The van der Waals surface area contributed by atoms with Crippen LogP contribution < -0.4 is 10.9 Å². The Bertz CT molecular complexity index is 914. The molecule has 0 aliphatic carbocycles. The summed E-state index contributed by atoms with van der Waals surface area (Å²) in [4.78, 5) is 32.1. The predicted molar refractivity (Wildman–Crippen MR) is 111 cm³/mol. The molecular formula is C20H30N4O3S. The lowest BCUT2D eigenvalue weighted by Gasteiger charge is -2.43. The number of thiazole rings is 1. The monoisotopic (exact) mass is 406 g/mol. The molecular weight excluding hydrogens is 376 g/mol. The molecule has 0 spiro atoms. The van der Waals surface area contributed by atoms with Crippen molar-refractivity contribution in [1.82, 2.24) is 19.6 Å². The highest BCUT2D eigenvalue weighted by molar-refractivity contribution is 7.15. The fourth-order valence-electron chi connectivity index (χ4n) is 3.76. The van der Waals surface area contributed by atoms with Gasteiger partial charge in [-0.3, -0.25) is 9.20 Å². The van der Waals surface area contributed by atoms with Gasteiger partial charge in [-0.15, -0.1) is 11.3 Å². The van der Waals surface area contributed by atoms with Gasteiger partial charge < -0.3 is 15.0 Å². The molecule has 0 aromatic carbocycles. The summed E-state index contributed by atoms with van der Waals surface area (Å²) < 4.78 is 7.19. The van der Waals surface area contributed by atoms with Crippen LogP contribution in [0.4, 0.5) is 4.79 Å². The van der Waals surface area contributed by atoms with Crippen molar-refractivity contribution in [3.05, 3.63) is 33.2 Å². The predicted octanol–water partition coefficient (Wildman–Crippen LogP) is 3.19. The van der Waals surface area contributed by atoms with Gasteiger partial charge in [-0.25, -0.2) is 9.78 Å². The first-order valence-corrected chi connectivity index (χ1v) is 10.6. The molecule has 1 saturated heterocycles. The van der Waals surface area contributed by atoms with Crippen LogP contribution in [0.15, 0.2) is 16.2 Å². The Kier molecular flexibility index (Phi) is 5.82. The highest BCUT2D eigenvalue weighted by Crippen LogP contribution is 2.25. The van der Waals surface area contributed by atoms with Crippen molar-refractivity contribution in [2.75, 3.05) is 6.54 Å². The van der Waals surface area contributed by atoms with E-state index < -0.39 is 5.60 Å². The minimum absolute atomic E-state index is 0.00703. The Labute approximate surface area is 169 Å². The molecule has 3 heterocycles. The molecule has 2 aromatic heterocycles. The number of fused-ring (bicyclic) bond motifs is 1. The summed E-state index contributed by atoms with van der Waals surface area (Å²) in [6.45, 7) is 13.0. The average molecular weight is 407 g/mol. The number of aromatic nitrogens is 2. The number of aryl methyl sites for hydroxylation is 1. The van der Waals surface area contributed by atoms with Gasteiger partial charge in [0, 0.05) is 42.3 Å². The van der Waals surface area contributed by atoms with E-state index in [-0.39, 0.29) is 23.7 Å². The largest absolute Gasteiger partial charge is 0.444 e. The number of rotatable bonds is 3. The van der Waals surface area contributed by atoms with Gasteiger partial charge in [0.05, 0.1) is 5.69 Å². The third kappa shape index (κ3) is 4.38. The van der Waals surface area contributed by atoms with Crippen molar-refractivity contribution < 1.29 is 9.53 Å². The van der Waals surface area contributed by atoms with Gasteiger partial charge >= 0.3 is 6.09 Å². The highest BCUT2D eigenvalue weighted by atomic mass is 32.1. The Morgan fingerprint density at radius 2 is 2.11 bits per heavy atom. The second-order valence-corrected chi connectivity index (χ2v) is 9.50. The Balaban J connectivity index is 1.72. The van der Waals surface area contributed by atoms with Crippen molar-refractivity contribution in [3.8, 4) is 0 Å². The van der Waals surface area contributed by atoms with Crippen LogP contribution >= 0.6 is 11.3 Å². The van der Waals surface area contributed by atoms with E-state index >= 15 is 0 Å². The maximum atomic E-state index is 12.6. The molecule has 3 atom stereocenters. The fourth-order valence-corrected chi connectivity index (χ4v) is 4.65. The fraction of sp³-hybridized carbons (Fsp3) is 0.650. The number of nitrogens with zero attached hydrogens (tertiary/aromatic N) is 3. The molecule has 3 rings (SSSR count). The van der Waals surface area contributed by atoms with E-state index in [0.29, 0.717) is 24.0 Å². The van der Waals surface area contributed by atoms with Crippen LogP contribution in [0.25, 0.3) is 4.96 Å². The number of hydrogen-bond acceptors (Lipinski definition) is 6. The van der Waals surface area contributed by atoms with E-state index in [1.165, 1.54) is 11.3 Å². The van der Waals surface area contributed by atoms with E-state index in [9.17, 15) is 9.59 Å². The molecule has 8 heteroatoms. The minimum atomic E-state index is -0.511. The summed E-state index contributed by atoms with van der Waals surface area (Å²) in [6, 6.07) is 1.68. The van der Waals surface area contributed by atoms with E-state index in [1.54, 1.807) is 15.4 Å². The van der Waals surface area contributed by atoms with E-state index in [0.717, 1.165) is 17.8 Å². The van der Waals surface area contributed by atoms with E-state index in [1.807, 2.05) is 40.0 Å². The Morgan fingerprint density at radius 1 is 1.39 bits per heavy atom. The maximum Gasteiger partial charge on any atom is 0.410 e. The molecule has 1 fully saturated rings. The average Bonchev–Trinajstić information content (AvgIpc) is 2.94. The first-order valence-electron chi connectivity index (χ1n) is 9.76. The molecule has 0 saturated carbocycles. The van der Waals surface area contributed by atoms with Crippen molar-refractivity contribution in [2.24, 2.45) is 5.92 Å². The van der Waals surface area contributed by atoms with Gasteiger partial charge in [0.15, 0.2) is 4.96 Å². The third-order valence-corrected chi connectivity index (χ3v) is 6.17. The topological polar surface area (TPSA) is 75.9 Å². The zero-order chi connectivity index (χ0) is 20.6. The molecule has 2 aromatic rings. The summed E-state index contributed by atoms with van der Waals surface area (Å²) in [6.07, 6.45) is 0.631. The molecule has 1 amide bonds. The number of ether oxygens (including phenoxy) is 1. The molecule has 1 aliphatic rings. The zero-order valence-corrected chi connectivity index (χ0v) is 18.3. The number of hydrogen-bond donors (Lipinski definition) is 1. The van der Waals surface area contributed by atoms with Crippen LogP contribution in [-0.2, 0) is 11.3 Å². The standard InChI is InChI=1S/C20H30N4O3S/c1-12-7-8-23(19(26)27-20(4,5)6)14(3)17(12)21-10-15-9-16(25)24-13(2)11-28-18(24)22-15/h9,11-12,14,17,21H,7-8,10H2,1-6H3/t12-,14-,17+/m0/s1. The summed E-state index contributed by atoms with van der Waals surface area (Å²) in [5.41, 5.74) is 1.06. The SMILES string of the molecule is Cc1csc2nc(CN[C@@H]3[C@@H](C)CCN(C(=O)OC(C)(C)C)[C@H]3C)cc(=O)n12. The van der Waals surface area contributed by atoms with Gasteiger partial charge in [-0.1, -0.05) is 6.92 Å². The maximum absolute atomic E-state index is 12.6. The van der Waals surface area contributed by atoms with E-state index in [4.69, 9.17) is 4.74 Å². The summed E-state index contributed by atoms with van der Waals surface area (Å²) >= 11 is 1.47. The summed E-state index contributed by atoms with van der Waals surface area (Å²) in [5, 5.41) is 5.46. The van der Waals surface area contributed by atoms with Crippen molar-refractivity contribution in [2.45, 2.75) is 72.2 Å². The molecule has 1 aliphatic heterocycles. The van der Waals surface area contributed by atoms with Crippen LogP contribution in [0, 0.1) is 12.8 Å². The van der Waals surface area contributed by atoms with Crippen molar-refractivity contribution in [3.63, 3.8) is 0 Å². The van der Waals surface area contributed by atoms with Crippen LogP contribution in [0.3, 0.4) is 0 Å². The minimum Gasteiger partial charge on any atom is -0.444 e. The lowest BCUT2D eigenvalue weighted by molar-refractivity contribution is 0.000654. The van der Waals surface area contributed by atoms with E-state index in [2.05, 4.69) is 17.2 Å².